The normalized spacial score (nSPS) is 16.0. The molecule has 1 aliphatic rings. The van der Waals surface area contributed by atoms with E-state index < -0.39 is 6.04 Å². The summed E-state index contributed by atoms with van der Waals surface area (Å²) in [5, 5.41) is 1.52. The quantitative estimate of drug-likeness (QED) is 0.610. The van der Waals surface area contributed by atoms with Crippen LogP contribution in [-0.4, -0.2) is 55.0 Å². The summed E-state index contributed by atoms with van der Waals surface area (Å²) in [5.74, 6) is -0.131. The van der Waals surface area contributed by atoms with E-state index in [1.54, 1.807) is 23.1 Å². The molecule has 1 saturated heterocycles. The number of nitrogens with zero attached hydrogens (tertiary/aromatic N) is 2. The number of carbonyl (C=O) groups excluding carboxylic acids is 2. The van der Waals surface area contributed by atoms with Crippen LogP contribution in [0.25, 0.3) is 11.0 Å². The molecule has 2 heterocycles. The molecule has 0 N–H and O–H groups in total. The molecule has 2 aromatic carbocycles. The minimum atomic E-state index is -0.527. The molecule has 3 aromatic rings. The maximum absolute atomic E-state index is 12.9. The van der Waals surface area contributed by atoms with E-state index in [0.29, 0.717) is 42.5 Å². The summed E-state index contributed by atoms with van der Waals surface area (Å²) in [6, 6.07) is 16.0. The number of esters is 1. The molecule has 0 aliphatic carbocycles. The largest absolute Gasteiger partial charge is 0.468 e. The minimum absolute atomic E-state index is 0.137. The zero-order valence-corrected chi connectivity index (χ0v) is 16.8. The second-order valence-corrected chi connectivity index (χ2v) is 7.39. The molecule has 1 atom stereocenters. The summed E-state index contributed by atoms with van der Waals surface area (Å²) in [6.45, 7) is 2.09. The van der Waals surface area contributed by atoms with E-state index in [1.165, 1.54) is 7.11 Å². The molecule has 1 fully saturated rings. The fraction of sp³-hybridized carbons (Fsp3) is 0.273. The van der Waals surface area contributed by atoms with Gasteiger partial charge in [0.15, 0.2) is 5.76 Å². The van der Waals surface area contributed by atoms with Crippen LogP contribution in [0, 0.1) is 0 Å². The van der Waals surface area contributed by atoms with Crippen molar-refractivity contribution in [3.05, 3.63) is 70.9 Å². The van der Waals surface area contributed by atoms with E-state index in [-0.39, 0.29) is 11.9 Å². The van der Waals surface area contributed by atoms with E-state index in [9.17, 15) is 9.59 Å². The van der Waals surface area contributed by atoms with E-state index >= 15 is 0 Å². The number of amides is 1. The molecule has 1 amide bonds. The lowest BCUT2D eigenvalue weighted by Crippen LogP contribution is -2.51. The van der Waals surface area contributed by atoms with Gasteiger partial charge in [-0.05, 0) is 29.8 Å². The van der Waals surface area contributed by atoms with Gasteiger partial charge in [-0.15, -0.1) is 0 Å². The van der Waals surface area contributed by atoms with Gasteiger partial charge < -0.3 is 14.1 Å². The van der Waals surface area contributed by atoms with Crippen LogP contribution in [-0.2, 0) is 9.53 Å². The number of benzene rings is 2. The van der Waals surface area contributed by atoms with Crippen LogP contribution in [0.5, 0.6) is 0 Å². The Bertz CT molecular complexity index is 990. The molecule has 6 nitrogen and oxygen atoms in total. The molecule has 29 heavy (non-hydrogen) atoms. The molecular weight excluding hydrogens is 392 g/mol. The first-order chi connectivity index (χ1) is 14.1. The maximum Gasteiger partial charge on any atom is 0.327 e. The molecule has 1 aliphatic heterocycles. The van der Waals surface area contributed by atoms with E-state index in [2.05, 4.69) is 0 Å². The number of methoxy groups -OCH3 is 1. The third kappa shape index (κ3) is 3.99. The summed E-state index contributed by atoms with van der Waals surface area (Å²) in [7, 11) is 1.38. The number of piperazine rings is 1. The predicted octanol–water partition coefficient (Wildman–Crippen LogP) is 3.76. The van der Waals surface area contributed by atoms with Crippen molar-refractivity contribution in [1.29, 1.82) is 0 Å². The maximum atomic E-state index is 12.9. The highest BCUT2D eigenvalue weighted by molar-refractivity contribution is 6.30. The van der Waals surface area contributed by atoms with Crippen molar-refractivity contribution >= 4 is 34.4 Å². The topological polar surface area (TPSA) is 63.0 Å². The highest BCUT2D eigenvalue weighted by Crippen LogP contribution is 2.26. The smallest absolute Gasteiger partial charge is 0.327 e. The average molecular weight is 413 g/mol. The lowest BCUT2D eigenvalue weighted by Gasteiger charge is -2.38. The molecule has 0 spiro atoms. The van der Waals surface area contributed by atoms with Gasteiger partial charge in [-0.3, -0.25) is 9.69 Å². The van der Waals surface area contributed by atoms with Crippen LogP contribution in [0.3, 0.4) is 0 Å². The first-order valence-corrected chi connectivity index (χ1v) is 9.80. The third-order valence-corrected chi connectivity index (χ3v) is 5.47. The third-order valence-electron chi connectivity index (χ3n) is 5.21. The van der Waals surface area contributed by atoms with Crippen LogP contribution in [0.4, 0.5) is 0 Å². The van der Waals surface area contributed by atoms with Gasteiger partial charge in [0.1, 0.15) is 11.6 Å². The number of halogens is 1. The first kappa shape index (κ1) is 19.5. The fourth-order valence-electron chi connectivity index (χ4n) is 3.68. The van der Waals surface area contributed by atoms with Crippen LogP contribution >= 0.6 is 11.6 Å². The first-order valence-electron chi connectivity index (χ1n) is 9.42. The summed E-state index contributed by atoms with van der Waals surface area (Å²) >= 11 is 5.97. The lowest BCUT2D eigenvalue weighted by molar-refractivity contribution is -0.148. The highest BCUT2D eigenvalue weighted by atomic mass is 35.5. The number of furan rings is 1. The second kappa shape index (κ2) is 8.27. The van der Waals surface area contributed by atoms with Gasteiger partial charge >= 0.3 is 5.97 Å². The van der Waals surface area contributed by atoms with E-state index in [1.807, 2.05) is 41.3 Å². The lowest BCUT2D eigenvalue weighted by atomic mass is 10.0. The van der Waals surface area contributed by atoms with Crippen LogP contribution < -0.4 is 0 Å². The van der Waals surface area contributed by atoms with Crippen molar-refractivity contribution < 1.29 is 18.7 Å². The Hall–Kier alpha value is -2.83. The highest BCUT2D eigenvalue weighted by Gasteiger charge is 2.33. The molecule has 7 heteroatoms. The molecule has 1 aromatic heterocycles. The monoisotopic (exact) mass is 412 g/mol. The molecule has 4 rings (SSSR count). The van der Waals surface area contributed by atoms with Crippen molar-refractivity contribution in [2.24, 2.45) is 0 Å². The Morgan fingerprint density at radius 3 is 2.38 bits per heavy atom. The van der Waals surface area contributed by atoms with E-state index in [0.717, 1.165) is 10.9 Å². The molecule has 0 radical (unpaired) electrons. The van der Waals surface area contributed by atoms with Crippen molar-refractivity contribution in [3.63, 3.8) is 0 Å². The van der Waals surface area contributed by atoms with Gasteiger partial charge in [0, 0.05) is 36.6 Å². The van der Waals surface area contributed by atoms with Gasteiger partial charge in [-0.25, -0.2) is 4.79 Å². The Labute approximate surface area is 173 Å². The Morgan fingerprint density at radius 2 is 1.72 bits per heavy atom. The molecular formula is C22H21ClN2O4. The summed E-state index contributed by atoms with van der Waals surface area (Å²) < 4.78 is 10.7. The van der Waals surface area contributed by atoms with Crippen LogP contribution in [0.1, 0.15) is 22.2 Å². The molecule has 1 unspecified atom stereocenters. The number of para-hydroxylation sites is 1. The number of rotatable bonds is 4. The Balaban J connectivity index is 1.47. The van der Waals surface area contributed by atoms with Gasteiger partial charge in [0.25, 0.3) is 5.91 Å². The fourth-order valence-corrected chi connectivity index (χ4v) is 3.80. The van der Waals surface area contributed by atoms with Gasteiger partial charge in [0.2, 0.25) is 0 Å². The Morgan fingerprint density at radius 1 is 1.03 bits per heavy atom. The number of carbonyl (C=O) groups is 2. The van der Waals surface area contributed by atoms with Gasteiger partial charge in [-0.1, -0.05) is 41.9 Å². The van der Waals surface area contributed by atoms with Crippen molar-refractivity contribution in [1.82, 2.24) is 9.80 Å². The van der Waals surface area contributed by atoms with Crippen LogP contribution in [0.2, 0.25) is 5.02 Å². The number of hydrogen-bond acceptors (Lipinski definition) is 5. The number of hydrogen-bond donors (Lipinski definition) is 0. The minimum Gasteiger partial charge on any atom is -0.468 e. The zero-order chi connectivity index (χ0) is 20.4. The second-order valence-electron chi connectivity index (χ2n) is 6.95. The molecule has 0 bridgehead atoms. The Kier molecular flexibility index (Phi) is 5.56. The van der Waals surface area contributed by atoms with Gasteiger partial charge in [0.05, 0.1) is 7.11 Å². The van der Waals surface area contributed by atoms with E-state index in [4.69, 9.17) is 20.8 Å². The number of fused-ring (bicyclic) bond motifs is 1. The molecule has 150 valence electrons. The number of ether oxygens (including phenoxy) is 1. The van der Waals surface area contributed by atoms with Crippen molar-refractivity contribution in [2.75, 3.05) is 33.3 Å². The van der Waals surface area contributed by atoms with Crippen molar-refractivity contribution in [2.45, 2.75) is 6.04 Å². The average Bonchev–Trinajstić information content (AvgIpc) is 3.19. The van der Waals surface area contributed by atoms with Gasteiger partial charge in [-0.2, -0.15) is 0 Å². The summed E-state index contributed by atoms with van der Waals surface area (Å²) in [5.41, 5.74) is 1.52. The standard InChI is InChI=1S/C22H21ClN2O4/c1-28-22(27)20(15-6-8-17(23)9-7-15)24-10-12-25(13-11-24)21(26)19-14-16-4-2-3-5-18(16)29-19/h2-9,14,20H,10-13H2,1H3. The SMILES string of the molecule is COC(=O)C(c1ccc(Cl)cc1)N1CCN(C(=O)c2cc3ccccc3o2)CC1. The summed E-state index contributed by atoms with van der Waals surface area (Å²) in [6.07, 6.45) is 0. The summed E-state index contributed by atoms with van der Waals surface area (Å²) in [4.78, 5) is 29.1. The predicted molar refractivity (Wildman–Crippen MR) is 110 cm³/mol. The molecule has 0 saturated carbocycles. The van der Waals surface area contributed by atoms with Crippen LogP contribution in [0.15, 0.2) is 59.0 Å². The van der Waals surface area contributed by atoms with Crippen molar-refractivity contribution in [3.8, 4) is 0 Å². The zero-order valence-electron chi connectivity index (χ0n) is 16.0.